The molecule has 0 radical (unpaired) electrons. The lowest BCUT2D eigenvalue weighted by atomic mass is 9.92. The Hall–Kier alpha value is -2.44. The Morgan fingerprint density at radius 1 is 1.23 bits per heavy atom. The molecule has 0 spiro atoms. The van der Waals surface area contributed by atoms with Crippen LogP contribution in [0.3, 0.4) is 0 Å². The molecule has 1 rings (SSSR count). The minimum Gasteiger partial charge on any atom is -0.347 e. The Morgan fingerprint density at radius 3 is 2.41 bits per heavy atom. The molecule has 0 saturated heterocycles. The lowest BCUT2D eigenvalue weighted by Crippen LogP contribution is -2.34. The van der Waals surface area contributed by atoms with Crippen LogP contribution < -0.4 is 10.6 Å². The molecule has 0 saturated carbocycles. The van der Waals surface area contributed by atoms with E-state index in [-0.39, 0.29) is 23.6 Å². The fraction of sp³-hybridized carbons (Fsp3) is 0.467. The number of carbonyl (C=O) groups is 2. The van der Waals surface area contributed by atoms with Crippen molar-refractivity contribution in [3.63, 3.8) is 0 Å². The van der Waals surface area contributed by atoms with E-state index < -0.39 is 10.8 Å². The number of carbonyl (C=O) groups excluding carboxylic acids is 2. The number of nitrogens with zero attached hydrogens (tertiary/aromatic N) is 1. The van der Waals surface area contributed by atoms with Crippen LogP contribution in [-0.4, -0.2) is 23.3 Å². The van der Waals surface area contributed by atoms with E-state index in [4.69, 9.17) is 0 Å². The molecule has 0 bridgehead atoms. The molecule has 1 aromatic rings. The van der Waals surface area contributed by atoms with E-state index in [9.17, 15) is 19.7 Å². The molecule has 22 heavy (non-hydrogen) atoms. The molecule has 120 valence electrons. The van der Waals surface area contributed by atoms with Crippen molar-refractivity contribution in [2.75, 3.05) is 11.9 Å². The zero-order chi connectivity index (χ0) is 16.9. The van der Waals surface area contributed by atoms with Crippen molar-refractivity contribution < 1.29 is 14.5 Å². The average molecular weight is 307 g/mol. The van der Waals surface area contributed by atoms with Crippen LogP contribution in [0.25, 0.3) is 0 Å². The van der Waals surface area contributed by atoms with Crippen LogP contribution in [0.15, 0.2) is 18.2 Å². The minimum atomic E-state index is -0.504. The summed E-state index contributed by atoms with van der Waals surface area (Å²) in [7, 11) is 0. The van der Waals surface area contributed by atoms with Gasteiger partial charge in [0.25, 0.3) is 5.69 Å². The summed E-state index contributed by atoms with van der Waals surface area (Å²) in [4.78, 5) is 33.7. The van der Waals surface area contributed by atoms with Gasteiger partial charge in [0.15, 0.2) is 0 Å². The Balaban J connectivity index is 2.57. The van der Waals surface area contributed by atoms with Gasteiger partial charge in [0.1, 0.15) is 0 Å². The fourth-order valence-electron chi connectivity index (χ4n) is 1.81. The molecule has 7 heteroatoms. The van der Waals surface area contributed by atoms with Crippen LogP contribution in [0.2, 0.25) is 0 Å². The first kappa shape index (κ1) is 17.6. The van der Waals surface area contributed by atoms with E-state index >= 15 is 0 Å². The van der Waals surface area contributed by atoms with E-state index in [2.05, 4.69) is 10.6 Å². The van der Waals surface area contributed by atoms with Crippen LogP contribution in [0.5, 0.6) is 0 Å². The van der Waals surface area contributed by atoms with E-state index in [1.54, 1.807) is 19.1 Å². The first-order valence-corrected chi connectivity index (χ1v) is 6.90. The molecule has 7 nitrogen and oxygen atoms in total. The second-order valence-electron chi connectivity index (χ2n) is 6.32. The molecule has 0 unspecified atom stereocenters. The highest BCUT2D eigenvalue weighted by Crippen LogP contribution is 2.22. The number of amides is 2. The Morgan fingerprint density at radius 2 is 1.86 bits per heavy atom. The number of aryl methyl sites for hydroxylation is 1. The van der Waals surface area contributed by atoms with Crippen molar-refractivity contribution in [2.24, 2.45) is 5.41 Å². The molecule has 0 fully saturated rings. The summed E-state index contributed by atoms with van der Waals surface area (Å²) in [5.41, 5.74) is 0.626. The van der Waals surface area contributed by atoms with Gasteiger partial charge in [0, 0.05) is 23.7 Å². The highest BCUT2D eigenvalue weighted by Gasteiger charge is 2.17. The molecule has 0 atom stereocenters. The van der Waals surface area contributed by atoms with E-state index in [1.807, 2.05) is 20.8 Å². The van der Waals surface area contributed by atoms with Gasteiger partial charge in [-0.2, -0.15) is 0 Å². The summed E-state index contributed by atoms with van der Waals surface area (Å²) >= 11 is 0. The first-order chi connectivity index (χ1) is 10.1. The molecular weight excluding hydrogens is 286 g/mol. The van der Waals surface area contributed by atoms with Crippen molar-refractivity contribution in [1.82, 2.24) is 5.32 Å². The number of nitrogens with one attached hydrogen (secondary N) is 2. The van der Waals surface area contributed by atoms with E-state index in [0.717, 1.165) is 0 Å². The first-order valence-electron chi connectivity index (χ1n) is 6.90. The summed E-state index contributed by atoms with van der Waals surface area (Å²) in [6.45, 7) is 7.24. The van der Waals surface area contributed by atoms with Gasteiger partial charge in [-0.05, 0) is 18.4 Å². The van der Waals surface area contributed by atoms with Gasteiger partial charge in [-0.15, -0.1) is 0 Å². The van der Waals surface area contributed by atoms with Gasteiger partial charge in [0.2, 0.25) is 11.8 Å². The lowest BCUT2D eigenvalue weighted by Gasteiger charge is -2.17. The van der Waals surface area contributed by atoms with Gasteiger partial charge in [-0.25, -0.2) is 0 Å². The fourth-order valence-corrected chi connectivity index (χ4v) is 1.81. The zero-order valence-electron chi connectivity index (χ0n) is 13.2. The third kappa shape index (κ3) is 5.90. The summed E-state index contributed by atoms with van der Waals surface area (Å²) in [5, 5.41) is 15.9. The number of rotatable bonds is 5. The Labute approximate surface area is 129 Å². The van der Waals surface area contributed by atoms with Gasteiger partial charge in [0.05, 0.1) is 11.5 Å². The van der Waals surface area contributed by atoms with Crippen molar-refractivity contribution in [3.8, 4) is 0 Å². The van der Waals surface area contributed by atoms with Gasteiger partial charge in [-0.3, -0.25) is 19.7 Å². The molecule has 0 heterocycles. The second kappa shape index (κ2) is 7.02. The maximum atomic E-state index is 11.8. The van der Waals surface area contributed by atoms with Gasteiger partial charge < -0.3 is 10.6 Å². The van der Waals surface area contributed by atoms with Crippen molar-refractivity contribution in [3.05, 3.63) is 33.9 Å². The van der Waals surface area contributed by atoms with Crippen LogP contribution >= 0.6 is 0 Å². The number of anilines is 1. The highest BCUT2D eigenvalue weighted by molar-refractivity contribution is 5.94. The summed E-state index contributed by atoms with van der Waals surface area (Å²) < 4.78 is 0. The summed E-state index contributed by atoms with van der Waals surface area (Å²) in [5.74, 6) is -0.641. The third-order valence-corrected chi connectivity index (χ3v) is 2.83. The highest BCUT2D eigenvalue weighted by atomic mass is 16.6. The second-order valence-corrected chi connectivity index (χ2v) is 6.32. The smallest absolute Gasteiger partial charge is 0.274 e. The molecule has 2 N–H and O–H groups in total. The number of hydrogen-bond donors (Lipinski definition) is 2. The third-order valence-electron chi connectivity index (χ3n) is 2.83. The predicted octanol–water partition coefficient (Wildman–Crippen LogP) is 2.39. The topological polar surface area (TPSA) is 101 Å². The molecule has 0 aromatic heterocycles. The zero-order valence-corrected chi connectivity index (χ0v) is 13.2. The van der Waals surface area contributed by atoms with Crippen molar-refractivity contribution in [1.29, 1.82) is 0 Å². The monoisotopic (exact) mass is 307 g/mol. The summed E-state index contributed by atoms with van der Waals surface area (Å²) in [6.07, 6.45) is 0.316. The number of benzene rings is 1. The normalized spacial score (nSPS) is 10.9. The van der Waals surface area contributed by atoms with Gasteiger partial charge >= 0.3 is 0 Å². The minimum absolute atomic E-state index is 0.0606. The van der Waals surface area contributed by atoms with Crippen LogP contribution in [0, 0.1) is 22.5 Å². The Bertz CT molecular complexity index is 591. The standard InChI is InChI=1S/C15H21N3O4/c1-10-5-6-11(7-12(10)18(21)22)17-14(20)9-16-13(19)8-15(2,3)4/h5-7H,8-9H2,1-4H3,(H,16,19)(H,17,20). The number of nitro groups is 1. The lowest BCUT2D eigenvalue weighted by molar-refractivity contribution is -0.385. The maximum Gasteiger partial charge on any atom is 0.274 e. The predicted molar refractivity (Wildman–Crippen MR) is 83.5 cm³/mol. The molecule has 2 amide bonds. The van der Waals surface area contributed by atoms with E-state index in [0.29, 0.717) is 17.7 Å². The Kier molecular flexibility index (Phi) is 5.62. The SMILES string of the molecule is Cc1ccc(NC(=O)CNC(=O)CC(C)(C)C)cc1[N+](=O)[O-]. The maximum absolute atomic E-state index is 11.8. The molecule has 0 aliphatic carbocycles. The summed E-state index contributed by atoms with van der Waals surface area (Å²) in [6, 6.07) is 4.44. The van der Waals surface area contributed by atoms with Crippen molar-refractivity contribution >= 4 is 23.2 Å². The molecular formula is C15H21N3O4. The average Bonchev–Trinajstić information content (AvgIpc) is 2.36. The molecule has 1 aromatic carbocycles. The molecule has 0 aliphatic rings. The number of hydrogen-bond acceptors (Lipinski definition) is 4. The van der Waals surface area contributed by atoms with Crippen LogP contribution in [0.4, 0.5) is 11.4 Å². The largest absolute Gasteiger partial charge is 0.347 e. The number of nitro benzene ring substituents is 1. The van der Waals surface area contributed by atoms with Gasteiger partial charge in [-0.1, -0.05) is 26.8 Å². The quantitative estimate of drug-likeness (QED) is 0.644. The van der Waals surface area contributed by atoms with Crippen LogP contribution in [-0.2, 0) is 9.59 Å². The van der Waals surface area contributed by atoms with E-state index in [1.165, 1.54) is 6.07 Å². The molecule has 0 aliphatic heterocycles. The van der Waals surface area contributed by atoms with Crippen LogP contribution in [0.1, 0.15) is 32.8 Å². The van der Waals surface area contributed by atoms with Crippen molar-refractivity contribution in [2.45, 2.75) is 34.1 Å².